The predicted molar refractivity (Wildman–Crippen MR) is 69.3 cm³/mol. The number of rotatable bonds is 3. The summed E-state index contributed by atoms with van der Waals surface area (Å²) >= 11 is 0. The number of Topliss-reactive ketones (excluding diaryl/α,β-unsaturated/α-hetero) is 1. The summed E-state index contributed by atoms with van der Waals surface area (Å²) in [4.78, 5) is 14.4. The fourth-order valence-electron chi connectivity index (χ4n) is 2.51. The molecular weight excluding hydrogens is 212 g/mol. The Balaban J connectivity index is 1.91. The Morgan fingerprint density at radius 2 is 1.82 bits per heavy atom. The predicted octanol–water partition coefficient (Wildman–Crippen LogP) is 2.47. The van der Waals surface area contributed by atoms with Crippen molar-refractivity contribution in [2.45, 2.75) is 32.1 Å². The molecule has 1 aromatic rings. The van der Waals surface area contributed by atoms with Crippen molar-refractivity contribution in [3.63, 3.8) is 0 Å². The van der Waals surface area contributed by atoms with Crippen LogP contribution in [0.1, 0.15) is 42.6 Å². The average Bonchev–Trinajstić information content (AvgIpc) is 2.68. The summed E-state index contributed by atoms with van der Waals surface area (Å²) in [7, 11) is 1.93. The van der Waals surface area contributed by atoms with Gasteiger partial charge in [0.15, 0.2) is 5.78 Å². The molecule has 0 atom stereocenters. The smallest absolute Gasteiger partial charge is 0.193 e. The number of aromatic nitrogens is 1. The van der Waals surface area contributed by atoms with Crippen molar-refractivity contribution >= 4 is 5.78 Å². The van der Waals surface area contributed by atoms with Crippen LogP contribution in [0.25, 0.3) is 0 Å². The van der Waals surface area contributed by atoms with Gasteiger partial charge in [-0.25, -0.2) is 0 Å². The third-order valence-corrected chi connectivity index (χ3v) is 3.55. The molecule has 0 aromatic carbocycles. The lowest BCUT2D eigenvalue weighted by molar-refractivity contribution is 0.0916. The summed E-state index contributed by atoms with van der Waals surface area (Å²) in [6.45, 7) is 2.74. The first-order chi connectivity index (χ1) is 8.27. The first-order valence-corrected chi connectivity index (χ1v) is 6.64. The quantitative estimate of drug-likeness (QED) is 0.751. The zero-order valence-electron chi connectivity index (χ0n) is 10.7. The first-order valence-electron chi connectivity index (χ1n) is 6.64. The van der Waals surface area contributed by atoms with Gasteiger partial charge in [0.05, 0.1) is 12.2 Å². The van der Waals surface area contributed by atoms with Crippen molar-refractivity contribution < 1.29 is 4.79 Å². The molecule has 1 saturated heterocycles. The largest absolute Gasteiger partial charge is 0.348 e. The van der Waals surface area contributed by atoms with Crippen LogP contribution in [0.3, 0.4) is 0 Å². The third-order valence-electron chi connectivity index (χ3n) is 3.55. The topological polar surface area (TPSA) is 25.2 Å². The van der Waals surface area contributed by atoms with E-state index in [2.05, 4.69) is 4.90 Å². The summed E-state index contributed by atoms with van der Waals surface area (Å²) in [5.74, 6) is 0.248. The maximum absolute atomic E-state index is 12.1. The highest BCUT2D eigenvalue weighted by Gasteiger charge is 2.15. The maximum Gasteiger partial charge on any atom is 0.193 e. The van der Waals surface area contributed by atoms with Crippen molar-refractivity contribution in [1.29, 1.82) is 0 Å². The van der Waals surface area contributed by atoms with E-state index in [1.54, 1.807) is 0 Å². The Morgan fingerprint density at radius 1 is 1.18 bits per heavy atom. The molecule has 1 fully saturated rings. The molecule has 0 radical (unpaired) electrons. The second-order valence-electron chi connectivity index (χ2n) is 4.97. The van der Waals surface area contributed by atoms with Crippen molar-refractivity contribution in [3.8, 4) is 0 Å². The molecule has 17 heavy (non-hydrogen) atoms. The standard InChI is InChI=1S/C14H22N2O/c1-15-9-7-8-13(15)14(17)12-16-10-5-3-2-4-6-11-16/h7-9H,2-6,10-12H2,1H3. The monoisotopic (exact) mass is 234 g/mol. The van der Waals surface area contributed by atoms with Crippen molar-refractivity contribution in [2.75, 3.05) is 19.6 Å². The summed E-state index contributed by atoms with van der Waals surface area (Å²) in [5, 5.41) is 0. The minimum absolute atomic E-state index is 0.248. The highest BCUT2D eigenvalue weighted by Crippen LogP contribution is 2.11. The number of ketones is 1. The summed E-state index contributed by atoms with van der Waals surface area (Å²) < 4.78 is 1.91. The minimum Gasteiger partial charge on any atom is -0.348 e. The zero-order valence-corrected chi connectivity index (χ0v) is 10.7. The van der Waals surface area contributed by atoms with Gasteiger partial charge in [-0.2, -0.15) is 0 Å². The van der Waals surface area contributed by atoms with Gasteiger partial charge in [-0.05, 0) is 38.1 Å². The Kier molecular flexibility index (Phi) is 4.37. The van der Waals surface area contributed by atoms with Gasteiger partial charge in [-0.3, -0.25) is 9.69 Å². The van der Waals surface area contributed by atoms with Crippen LogP contribution in [0.4, 0.5) is 0 Å². The Bertz CT molecular complexity index is 362. The van der Waals surface area contributed by atoms with Gasteiger partial charge in [0.25, 0.3) is 0 Å². The van der Waals surface area contributed by atoms with Gasteiger partial charge >= 0.3 is 0 Å². The normalized spacial score (nSPS) is 18.6. The number of likely N-dealkylation sites (tertiary alicyclic amines) is 1. The van der Waals surface area contributed by atoms with Gasteiger partial charge in [0.2, 0.25) is 0 Å². The Hall–Kier alpha value is -1.09. The van der Waals surface area contributed by atoms with Gasteiger partial charge in [0.1, 0.15) is 0 Å². The molecule has 0 amide bonds. The number of carbonyl (C=O) groups is 1. The van der Waals surface area contributed by atoms with E-state index in [1.165, 1.54) is 32.1 Å². The van der Waals surface area contributed by atoms with E-state index in [1.807, 2.05) is 29.9 Å². The molecule has 1 aliphatic rings. The van der Waals surface area contributed by atoms with Crippen LogP contribution < -0.4 is 0 Å². The lowest BCUT2D eigenvalue weighted by Gasteiger charge is -2.23. The van der Waals surface area contributed by atoms with Gasteiger partial charge in [0, 0.05) is 13.2 Å². The molecule has 94 valence electrons. The van der Waals surface area contributed by atoms with Crippen LogP contribution >= 0.6 is 0 Å². The molecule has 0 N–H and O–H groups in total. The van der Waals surface area contributed by atoms with Crippen LogP contribution in [0, 0.1) is 0 Å². The van der Waals surface area contributed by atoms with Crippen LogP contribution in [0.2, 0.25) is 0 Å². The molecule has 2 heterocycles. The first kappa shape index (κ1) is 12.4. The number of hydrogen-bond acceptors (Lipinski definition) is 2. The highest BCUT2D eigenvalue weighted by molar-refractivity contribution is 5.96. The van der Waals surface area contributed by atoms with Crippen LogP contribution in [-0.2, 0) is 7.05 Å². The summed E-state index contributed by atoms with van der Waals surface area (Å²) in [6.07, 6.45) is 8.39. The lowest BCUT2D eigenvalue weighted by atomic mass is 10.1. The van der Waals surface area contributed by atoms with Gasteiger partial charge in [-0.1, -0.05) is 19.3 Å². The average molecular weight is 234 g/mol. The molecule has 0 bridgehead atoms. The second-order valence-corrected chi connectivity index (χ2v) is 4.97. The van der Waals surface area contributed by atoms with E-state index in [0.29, 0.717) is 6.54 Å². The number of hydrogen-bond donors (Lipinski definition) is 0. The van der Waals surface area contributed by atoms with E-state index >= 15 is 0 Å². The summed E-state index contributed by atoms with van der Waals surface area (Å²) in [5.41, 5.74) is 0.826. The zero-order chi connectivity index (χ0) is 12.1. The minimum atomic E-state index is 0.248. The third kappa shape index (κ3) is 3.43. The molecule has 0 saturated carbocycles. The summed E-state index contributed by atoms with van der Waals surface area (Å²) in [6, 6.07) is 3.84. The fraction of sp³-hybridized carbons (Fsp3) is 0.643. The van der Waals surface area contributed by atoms with E-state index in [-0.39, 0.29) is 5.78 Å². The molecular formula is C14H22N2O. The van der Waals surface area contributed by atoms with E-state index in [9.17, 15) is 4.79 Å². The van der Waals surface area contributed by atoms with Gasteiger partial charge in [-0.15, -0.1) is 0 Å². The molecule has 0 unspecified atom stereocenters. The lowest BCUT2D eigenvalue weighted by Crippen LogP contribution is -2.33. The van der Waals surface area contributed by atoms with E-state index in [0.717, 1.165) is 18.8 Å². The molecule has 0 aliphatic carbocycles. The van der Waals surface area contributed by atoms with E-state index < -0.39 is 0 Å². The maximum atomic E-state index is 12.1. The molecule has 2 rings (SSSR count). The second kappa shape index (κ2) is 6.01. The SMILES string of the molecule is Cn1cccc1C(=O)CN1CCCCCCC1. The number of aryl methyl sites for hydroxylation is 1. The van der Waals surface area contributed by atoms with Crippen LogP contribution in [-0.4, -0.2) is 34.9 Å². The fourth-order valence-corrected chi connectivity index (χ4v) is 2.51. The Labute approximate surface area is 103 Å². The number of nitrogens with zero attached hydrogens (tertiary/aromatic N) is 2. The van der Waals surface area contributed by atoms with Crippen molar-refractivity contribution in [1.82, 2.24) is 9.47 Å². The molecule has 3 heteroatoms. The van der Waals surface area contributed by atoms with Crippen LogP contribution in [0.5, 0.6) is 0 Å². The molecule has 3 nitrogen and oxygen atoms in total. The molecule has 0 spiro atoms. The Morgan fingerprint density at radius 3 is 2.41 bits per heavy atom. The molecule has 1 aliphatic heterocycles. The van der Waals surface area contributed by atoms with E-state index in [4.69, 9.17) is 0 Å². The number of carbonyl (C=O) groups excluding carboxylic acids is 1. The molecule has 1 aromatic heterocycles. The van der Waals surface area contributed by atoms with Gasteiger partial charge < -0.3 is 4.57 Å². The van der Waals surface area contributed by atoms with Crippen LogP contribution in [0.15, 0.2) is 18.3 Å². The van der Waals surface area contributed by atoms with Crippen molar-refractivity contribution in [2.24, 2.45) is 7.05 Å². The van der Waals surface area contributed by atoms with Crippen molar-refractivity contribution in [3.05, 3.63) is 24.0 Å². The highest BCUT2D eigenvalue weighted by atomic mass is 16.1.